The standard InChI is InChI=1S/C9H8F2O.C4H8BN3/c1-7-3-5-8(6-4-7)12-9(2,10)11;1-3(6)8-4(5)7-2/h3,5H,1-2H3;1-2H3,(H2,6,7,8). The van der Waals surface area contributed by atoms with Crippen molar-refractivity contribution in [1.29, 1.82) is 0 Å². The van der Waals surface area contributed by atoms with Crippen LogP contribution in [0.3, 0.4) is 0 Å². The largest absolute Gasteiger partial charge is 0.424 e. The molecule has 0 bridgehead atoms. The van der Waals surface area contributed by atoms with E-state index in [1.807, 2.05) is 0 Å². The van der Waals surface area contributed by atoms with Gasteiger partial charge in [0.25, 0.3) is 0 Å². The Hall–Kier alpha value is -2.10. The van der Waals surface area contributed by atoms with Crippen molar-refractivity contribution >= 4 is 19.4 Å². The Morgan fingerprint density at radius 3 is 2.30 bits per heavy atom. The molecule has 0 heterocycles. The highest BCUT2D eigenvalue weighted by Gasteiger charge is 2.23. The highest BCUT2D eigenvalue weighted by Crippen LogP contribution is 2.19. The minimum Gasteiger partial charge on any atom is -0.424 e. The van der Waals surface area contributed by atoms with Gasteiger partial charge in [0, 0.05) is 14.0 Å². The molecule has 0 aliphatic heterocycles. The number of aliphatic imine (C=N–C) groups is 2. The Morgan fingerprint density at radius 1 is 1.40 bits per heavy atom. The van der Waals surface area contributed by atoms with Crippen molar-refractivity contribution in [2.24, 2.45) is 15.7 Å². The molecular weight excluding hydrogens is 263 g/mol. The number of nitrogens with zero attached hydrogens (tertiary/aromatic N) is 2. The molecule has 1 aliphatic rings. The highest BCUT2D eigenvalue weighted by atomic mass is 19.3. The van der Waals surface area contributed by atoms with Gasteiger partial charge >= 0.3 is 6.11 Å². The van der Waals surface area contributed by atoms with Crippen molar-refractivity contribution in [3.8, 4) is 0 Å². The summed E-state index contributed by atoms with van der Waals surface area (Å²) < 4.78 is 28.7. The summed E-state index contributed by atoms with van der Waals surface area (Å²) in [5.41, 5.74) is 11.3. The van der Waals surface area contributed by atoms with E-state index in [4.69, 9.17) is 13.6 Å². The van der Waals surface area contributed by atoms with E-state index in [1.54, 1.807) is 27.0 Å². The fraction of sp³-hybridized carbons (Fsp3) is 0.385. The average molecular weight is 279 g/mol. The smallest absolute Gasteiger partial charge is 0.395 e. The zero-order chi connectivity index (χ0) is 15.8. The number of nitrogens with two attached hydrogens (primary N) is 1. The average Bonchev–Trinajstić information content (AvgIpc) is 2.30. The van der Waals surface area contributed by atoms with Crippen molar-refractivity contribution in [3.63, 3.8) is 0 Å². The number of ether oxygens (including phenoxy) is 1. The predicted molar refractivity (Wildman–Crippen MR) is 77.0 cm³/mol. The molecule has 0 unspecified atom stereocenters. The van der Waals surface area contributed by atoms with Gasteiger partial charge in [-0.3, -0.25) is 4.99 Å². The third-order valence-corrected chi connectivity index (χ3v) is 1.68. The van der Waals surface area contributed by atoms with E-state index in [-0.39, 0.29) is 11.5 Å². The zero-order valence-corrected chi connectivity index (χ0v) is 11.9. The molecule has 1 rings (SSSR count). The number of hydrogen-bond donors (Lipinski definition) is 1. The molecule has 2 N–H and O–H groups in total. The lowest BCUT2D eigenvalue weighted by Crippen LogP contribution is -2.13. The number of hydrogen-bond acceptors (Lipinski definition) is 2. The van der Waals surface area contributed by atoms with Crippen LogP contribution in [0.5, 0.6) is 0 Å². The van der Waals surface area contributed by atoms with E-state index in [0.29, 0.717) is 12.8 Å². The second-order valence-electron chi connectivity index (χ2n) is 3.88. The fourth-order valence-corrected chi connectivity index (χ4v) is 0.928. The summed E-state index contributed by atoms with van der Waals surface area (Å²) in [6.45, 7) is 4.13. The molecule has 2 radical (unpaired) electrons. The minimum absolute atomic E-state index is 0.00750. The molecule has 0 aromatic heterocycles. The first-order valence-electron chi connectivity index (χ1n) is 5.64. The number of alkyl halides is 2. The summed E-state index contributed by atoms with van der Waals surface area (Å²) in [5, 5.41) is 0. The van der Waals surface area contributed by atoms with Gasteiger partial charge in [0.15, 0.2) is 13.6 Å². The molecule has 20 heavy (non-hydrogen) atoms. The second-order valence-corrected chi connectivity index (χ2v) is 3.88. The molecule has 0 amide bonds. The molecule has 0 aromatic rings. The first-order valence-corrected chi connectivity index (χ1v) is 5.64. The third-order valence-electron chi connectivity index (χ3n) is 1.68. The summed E-state index contributed by atoms with van der Waals surface area (Å²) in [6.07, 6.45) is -0.0829. The fourth-order valence-electron chi connectivity index (χ4n) is 0.928. The van der Waals surface area contributed by atoms with Crippen molar-refractivity contribution < 1.29 is 13.5 Å². The molecule has 7 heteroatoms. The van der Waals surface area contributed by atoms with Crippen LogP contribution in [0.1, 0.15) is 20.8 Å². The molecule has 0 saturated heterocycles. The third kappa shape index (κ3) is 9.89. The number of amidine groups is 2. The predicted octanol–water partition coefficient (Wildman–Crippen LogP) is 2.29. The van der Waals surface area contributed by atoms with E-state index in [2.05, 4.69) is 26.2 Å². The van der Waals surface area contributed by atoms with Crippen LogP contribution in [-0.4, -0.2) is 32.6 Å². The van der Waals surface area contributed by atoms with Crippen molar-refractivity contribution in [1.82, 2.24) is 0 Å². The van der Waals surface area contributed by atoms with Crippen molar-refractivity contribution in [2.45, 2.75) is 26.9 Å². The Morgan fingerprint density at radius 2 is 2.00 bits per heavy atom. The first-order chi connectivity index (χ1) is 9.14. The van der Waals surface area contributed by atoms with Crippen LogP contribution in [0, 0.1) is 0 Å². The lowest BCUT2D eigenvalue weighted by atomic mass is 10.1. The van der Waals surface area contributed by atoms with Gasteiger partial charge in [-0.05, 0) is 37.3 Å². The van der Waals surface area contributed by atoms with E-state index >= 15 is 0 Å². The monoisotopic (exact) mass is 279 g/mol. The van der Waals surface area contributed by atoms with Crippen molar-refractivity contribution in [3.05, 3.63) is 34.9 Å². The summed E-state index contributed by atoms with van der Waals surface area (Å²) >= 11 is 0. The van der Waals surface area contributed by atoms with Gasteiger partial charge in [0.05, 0.1) is 11.6 Å². The topological polar surface area (TPSA) is 60.0 Å². The normalized spacial score (nSPS) is 15.1. The molecule has 0 saturated carbocycles. The molecule has 0 fully saturated rings. The Kier molecular flexibility index (Phi) is 7.30. The van der Waals surface area contributed by atoms with Gasteiger partial charge in [-0.2, -0.15) is 8.78 Å². The highest BCUT2D eigenvalue weighted by molar-refractivity contribution is 6.60. The zero-order valence-electron chi connectivity index (χ0n) is 11.9. The first kappa shape index (κ1) is 17.9. The van der Waals surface area contributed by atoms with E-state index < -0.39 is 6.11 Å². The molecule has 0 atom stereocenters. The van der Waals surface area contributed by atoms with Crippen LogP contribution in [0.15, 0.2) is 44.9 Å². The Balaban J connectivity index is 0.000000396. The maximum Gasteiger partial charge on any atom is 0.395 e. The number of allylic oxidation sites excluding steroid dienone is 3. The van der Waals surface area contributed by atoms with Crippen LogP contribution in [0.25, 0.3) is 0 Å². The van der Waals surface area contributed by atoms with Crippen LogP contribution >= 0.6 is 0 Å². The molecule has 0 spiro atoms. The quantitative estimate of drug-likeness (QED) is 0.365. The molecular formula is C13H16BF2N3O. The maximum absolute atomic E-state index is 12.3. The summed E-state index contributed by atoms with van der Waals surface area (Å²) in [7, 11) is 6.71. The van der Waals surface area contributed by atoms with Gasteiger partial charge in [0.2, 0.25) is 0 Å². The molecule has 4 nitrogen and oxygen atoms in total. The van der Waals surface area contributed by atoms with Crippen molar-refractivity contribution in [2.75, 3.05) is 7.05 Å². The van der Waals surface area contributed by atoms with E-state index in [1.165, 1.54) is 6.08 Å². The minimum atomic E-state index is -3.15. The van der Waals surface area contributed by atoms with Crippen LogP contribution in [0.2, 0.25) is 0 Å². The lowest BCUT2D eigenvalue weighted by Gasteiger charge is -2.12. The Bertz CT molecular complexity index is 528. The number of rotatable bonds is 2. The molecule has 0 aromatic carbocycles. The SMILES string of the molecule is CC1=C=C=C(OC(C)(F)F)C=C1.[B]C(=NC)/N=C(\C)N. The van der Waals surface area contributed by atoms with Gasteiger partial charge < -0.3 is 10.5 Å². The number of halogens is 2. The summed E-state index contributed by atoms with van der Waals surface area (Å²) in [6, 6.07) is 0. The van der Waals surface area contributed by atoms with Gasteiger partial charge in [0.1, 0.15) is 0 Å². The lowest BCUT2D eigenvalue weighted by molar-refractivity contribution is -0.195. The Labute approximate surface area is 118 Å². The van der Waals surface area contributed by atoms with Crippen LogP contribution in [-0.2, 0) is 4.74 Å². The molecule has 1 aliphatic carbocycles. The second kappa shape index (κ2) is 8.15. The summed E-state index contributed by atoms with van der Waals surface area (Å²) in [4.78, 5) is 7.17. The van der Waals surface area contributed by atoms with Gasteiger partial charge in [-0.25, -0.2) is 4.99 Å². The van der Waals surface area contributed by atoms with Crippen LogP contribution < -0.4 is 5.73 Å². The van der Waals surface area contributed by atoms with Gasteiger partial charge in [-0.1, -0.05) is 5.73 Å². The van der Waals surface area contributed by atoms with E-state index in [9.17, 15) is 8.78 Å². The summed E-state index contributed by atoms with van der Waals surface area (Å²) in [5.74, 6) is 0.432. The maximum atomic E-state index is 12.3. The van der Waals surface area contributed by atoms with E-state index in [0.717, 1.165) is 5.57 Å². The van der Waals surface area contributed by atoms with Gasteiger partial charge in [-0.15, -0.1) is 0 Å². The van der Waals surface area contributed by atoms with Crippen LogP contribution in [0.4, 0.5) is 8.78 Å². The molecule has 106 valence electrons.